The van der Waals surface area contributed by atoms with E-state index in [4.69, 9.17) is 22.1 Å². The third kappa shape index (κ3) is 3.98. The molecule has 2 aromatic rings. The van der Waals surface area contributed by atoms with Crippen LogP contribution in [0.25, 0.3) is 0 Å². The molecule has 102 valence electrons. The molecule has 0 fully saturated rings. The summed E-state index contributed by atoms with van der Waals surface area (Å²) in [6.45, 7) is 3.43. The van der Waals surface area contributed by atoms with Gasteiger partial charge >= 0.3 is 0 Å². The zero-order valence-corrected chi connectivity index (χ0v) is 11.7. The summed E-state index contributed by atoms with van der Waals surface area (Å²) in [6.07, 6.45) is 6.40. The van der Waals surface area contributed by atoms with E-state index in [1.807, 2.05) is 35.9 Å². The highest BCUT2D eigenvalue weighted by molar-refractivity contribution is 6.32. The number of aromatic nitrogens is 2. The van der Waals surface area contributed by atoms with Crippen LogP contribution in [0.5, 0.6) is 5.75 Å². The Morgan fingerprint density at radius 3 is 2.95 bits per heavy atom. The molecule has 0 radical (unpaired) electrons. The molecule has 0 aliphatic heterocycles. The fourth-order valence-corrected chi connectivity index (χ4v) is 2.01. The fraction of sp³-hybridized carbons (Fsp3) is 0.357. The van der Waals surface area contributed by atoms with Crippen LogP contribution in [-0.4, -0.2) is 16.2 Å². The number of hydrogen-bond donors (Lipinski definition) is 1. The van der Waals surface area contributed by atoms with Gasteiger partial charge in [-0.15, -0.1) is 0 Å². The normalized spacial score (nSPS) is 12.4. The quantitative estimate of drug-likeness (QED) is 0.827. The number of rotatable bonds is 6. The summed E-state index contributed by atoms with van der Waals surface area (Å²) in [5.41, 5.74) is 6.81. The van der Waals surface area contributed by atoms with E-state index >= 15 is 0 Å². The lowest BCUT2D eigenvalue weighted by Crippen LogP contribution is -2.06. The van der Waals surface area contributed by atoms with Gasteiger partial charge < -0.3 is 15.0 Å². The van der Waals surface area contributed by atoms with Crippen molar-refractivity contribution in [2.75, 3.05) is 6.61 Å². The third-order valence-corrected chi connectivity index (χ3v) is 3.15. The second-order valence-corrected chi connectivity index (χ2v) is 4.89. The topological polar surface area (TPSA) is 53.1 Å². The summed E-state index contributed by atoms with van der Waals surface area (Å²) in [6, 6.07) is 5.66. The van der Waals surface area contributed by atoms with E-state index < -0.39 is 0 Å². The second kappa shape index (κ2) is 6.59. The highest BCUT2D eigenvalue weighted by Gasteiger charge is 2.05. The lowest BCUT2D eigenvalue weighted by molar-refractivity contribution is 0.302. The Morgan fingerprint density at radius 1 is 1.47 bits per heavy atom. The number of ether oxygens (including phenoxy) is 1. The Kier molecular flexibility index (Phi) is 4.82. The van der Waals surface area contributed by atoms with Crippen LogP contribution in [0, 0.1) is 0 Å². The first-order valence-electron chi connectivity index (χ1n) is 6.30. The van der Waals surface area contributed by atoms with Crippen molar-refractivity contribution in [3.8, 4) is 5.75 Å². The molecule has 0 aliphatic rings. The van der Waals surface area contributed by atoms with Crippen LogP contribution in [-0.2, 0) is 6.54 Å². The van der Waals surface area contributed by atoms with Gasteiger partial charge in [0.05, 0.1) is 18.0 Å². The molecule has 2 N–H and O–H groups in total. The SMILES string of the molecule is C[C@H](N)c1ccc(OCCCn2ccnc2)c(Cl)c1. The molecular weight excluding hydrogens is 262 g/mol. The molecule has 4 nitrogen and oxygen atoms in total. The Bertz CT molecular complexity index is 511. The molecule has 0 bridgehead atoms. The number of benzene rings is 1. The van der Waals surface area contributed by atoms with Gasteiger partial charge in [0.2, 0.25) is 0 Å². The minimum absolute atomic E-state index is 0.0206. The predicted molar refractivity (Wildman–Crippen MR) is 76.4 cm³/mol. The minimum atomic E-state index is -0.0206. The third-order valence-electron chi connectivity index (χ3n) is 2.86. The summed E-state index contributed by atoms with van der Waals surface area (Å²) in [4.78, 5) is 3.99. The molecule has 0 unspecified atom stereocenters. The molecule has 1 aromatic heterocycles. The average Bonchev–Trinajstić information content (AvgIpc) is 2.89. The summed E-state index contributed by atoms with van der Waals surface area (Å²) >= 11 is 6.16. The Labute approximate surface area is 118 Å². The molecule has 0 amide bonds. The van der Waals surface area contributed by atoms with Crippen molar-refractivity contribution in [2.24, 2.45) is 5.73 Å². The molecule has 2 rings (SSSR count). The van der Waals surface area contributed by atoms with Crippen LogP contribution < -0.4 is 10.5 Å². The maximum atomic E-state index is 6.16. The first-order valence-corrected chi connectivity index (χ1v) is 6.68. The largest absolute Gasteiger partial charge is 0.492 e. The molecule has 1 atom stereocenters. The van der Waals surface area contributed by atoms with Crippen LogP contribution in [0.15, 0.2) is 36.9 Å². The first kappa shape index (κ1) is 13.9. The van der Waals surface area contributed by atoms with Crippen molar-refractivity contribution in [1.82, 2.24) is 9.55 Å². The monoisotopic (exact) mass is 279 g/mol. The summed E-state index contributed by atoms with van der Waals surface area (Å²) in [5.74, 6) is 0.705. The van der Waals surface area contributed by atoms with Crippen molar-refractivity contribution in [1.29, 1.82) is 0 Å². The smallest absolute Gasteiger partial charge is 0.137 e. The first-order chi connectivity index (χ1) is 9.16. The summed E-state index contributed by atoms with van der Waals surface area (Å²) in [5, 5.41) is 0.609. The lowest BCUT2D eigenvalue weighted by Gasteiger charge is -2.11. The number of hydrogen-bond acceptors (Lipinski definition) is 3. The maximum Gasteiger partial charge on any atom is 0.137 e. The van der Waals surface area contributed by atoms with E-state index in [0.29, 0.717) is 17.4 Å². The number of nitrogens with zero attached hydrogens (tertiary/aromatic N) is 2. The van der Waals surface area contributed by atoms with Gasteiger partial charge in [-0.2, -0.15) is 0 Å². The van der Waals surface area contributed by atoms with Crippen LogP contribution >= 0.6 is 11.6 Å². The predicted octanol–water partition coefficient (Wildman–Crippen LogP) is 3.03. The second-order valence-electron chi connectivity index (χ2n) is 4.48. The van der Waals surface area contributed by atoms with Gasteiger partial charge in [0, 0.05) is 25.0 Å². The van der Waals surface area contributed by atoms with E-state index in [0.717, 1.165) is 18.5 Å². The van der Waals surface area contributed by atoms with Gasteiger partial charge in [-0.05, 0) is 31.0 Å². The molecule has 5 heteroatoms. The zero-order chi connectivity index (χ0) is 13.7. The van der Waals surface area contributed by atoms with E-state index in [2.05, 4.69) is 4.98 Å². The van der Waals surface area contributed by atoms with Gasteiger partial charge in [-0.1, -0.05) is 17.7 Å². The van der Waals surface area contributed by atoms with E-state index in [9.17, 15) is 0 Å². The number of nitrogens with two attached hydrogens (primary N) is 1. The lowest BCUT2D eigenvalue weighted by atomic mass is 10.1. The maximum absolute atomic E-state index is 6.16. The van der Waals surface area contributed by atoms with Gasteiger partial charge in [0.25, 0.3) is 0 Å². The minimum Gasteiger partial charge on any atom is -0.492 e. The molecular formula is C14H18ClN3O. The highest BCUT2D eigenvalue weighted by atomic mass is 35.5. The van der Waals surface area contributed by atoms with Gasteiger partial charge in [0.1, 0.15) is 5.75 Å². The van der Waals surface area contributed by atoms with Gasteiger partial charge in [0.15, 0.2) is 0 Å². The number of imidazole rings is 1. The van der Waals surface area contributed by atoms with Crippen molar-refractivity contribution in [3.05, 3.63) is 47.5 Å². The number of aryl methyl sites for hydroxylation is 1. The van der Waals surface area contributed by atoms with Crippen molar-refractivity contribution in [3.63, 3.8) is 0 Å². The van der Waals surface area contributed by atoms with Gasteiger partial charge in [-0.25, -0.2) is 4.98 Å². The standard InChI is InChI=1S/C14H18ClN3O/c1-11(16)12-3-4-14(13(15)9-12)19-8-2-6-18-7-5-17-10-18/h3-5,7,9-11H,2,6,8,16H2,1H3/t11-/m0/s1. The van der Waals surface area contributed by atoms with Crippen LogP contribution in [0.3, 0.4) is 0 Å². The highest BCUT2D eigenvalue weighted by Crippen LogP contribution is 2.27. The summed E-state index contributed by atoms with van der Waals surface area (Å²) in [7, 11) is 0. The fourth-order valence-electron chi connectivity index (χ4n) is 1.77. The number of halogens is 1. The molecule has 0 spiro atoms. The Hall–Kier alpha value is -1.52. The Morgan fingerprint density at radius 2 is 2.32 bits per heavy atom. The molecule has 0 saturated carbocycles. The molecule has 0 saturated heterocycles. The van der Waals surface area contributed by atoms with E-state index in [1.54, 1.807) is 12.5 Å². The summed E-state index contributed by atoms with van der Waals surface area (Å²) < 4.78 is 7.68. The average molecular weight is 280 g/mol. The van der Waals surface area contributed by atoms with Crippen LogP contribution in [0.2, 0.25) is 5.02 Å². The van der Waals surface area contributed by atoms with Crippen LogP contribution in [0.1, 0.15) is 24.9 Å². The van der Waals surface area contributed by atoms with E-state index in [1.165, 1.54) is 0 Å². The Balaban J connectivity index is 1.82. The van der Waals surface area contributed by atoms with Crippen molar-refractivity contribution >= 4 is 11.6 Å². The van der Waals surface area contributed by atoms with E-state index in [-0.39, 0.29) is 6.04 Å². The molecule has 1 heterocycles. The van der Waals surface area contributed by atoms with Crippen molar-refractivity contribution in [2.45, 2.75) is 25.9 Å². The zero-order valence-electron chi connectivity index (χ0n) is 10.9. The molecule has 1 aromatic carbocycles. The van der Waals surface area contributed by atoms with Crippen molar-refractivity contribution < 1.29 is 4.74 Å². The van der Waals surface area contributed by atoms with Gasteiger partial charge in [-0.3, -0.25) is 0 Å². The molecule has 19 heavy (non-hydrogen) atoms. The van der Waals surface area contributed by atoms with Crippen LogP contribution in [0.4, 0.5) is 0 Å². The molecule has 0 aliphatic carbocycles.